The molecule has 112 valence electrons. The largest absolute Gasteiger partial charge is 0.396 e. The summed E-state index contributed by atoms with van der Waals surface area (Å²) in [6.07, 6.45) is 7.06. The minimum absolute atomic E-state index is 0.136. The van der Waals surface area contributed by atoms with E-state index >= 15 is 0 Å². The lowest BCUT2D eigenvalue weighted by atomic mass is 9.86. The van der Waals surface area contributed by atoms with Gasteiger partial charge in [0, 0.05) is 24.6 Å². The summed E-state index contributed by atoms with van der Waals surface area (Å²) in [6.45, 7) is 5.68. The number of aryl methyl sites for hydroxylation is 1. The molecule has 1 aliphatic rings. The number of aliphatic hydroxyl groups excluding tert-OH is 1. The fourth-order valence-electron chi connectivity index (χ4n) is 3.34. The van der Waals surface area contributed by atoms with Gasteiger partial charge in [-0.3, -0.25) is 0 Å². The topological polar surface area (TPSA) is 32.3 Å². The Labute approximate surface area is 123 Å². The molecule has 20 heavy (non-hydrogen) atoms. The van der Waals surface area contributed by atoms with Gasteiger partial charge in [0.15, 0.2) is 0 Å². The molecular weight excluding hydrogens is 246 g/mol. The minimum atomic E-state index is 0.136. The molecular formula is C18H29NO. The molecule has 0 bridgehead atoms. The highest BCUT2D eigenvalue weighted by Gasteiger charge is 2.33. The number of nitrogens with one attached hydrogen (secondary N) is 1. The summed E-state index contributed by atoms with van der Waals surface area (Å²) in [6, 6.07) is 9.37. The van der Waals surface area contributed by atoms with Crippen molar-refractivity contribution in [2.45, 2.75) is 58.4 Å². The van der Waals surface area contributed by atoms with E-state index in [0.29, 0.717) is 12.6 Å². The molecule has 2 rings (SSSR count). The first-order valence-electron chi connectivity index (χ1n) is 8.16. The van der Waals surface area contributed by atoms with Gasteiger partial charge in [-0.25, -0.2) is 0 Å². The predicted octanol–water partition coefficient (Wildman–Crippen LogP) is 3.84. The second-order valence-corrected chi connectivity index (χ2v) is 6.30. The zero-order valence-corrected chi connectivity index (χ0v) is 13.0. The van der Waals surface area contributed by atoms with Crippen molar-refractivity contribution < 1.29 is 5.11 Å². The highest BCUT2D eigenvalue weighted by molar-refractivity contribution is 5.25. The van der Waals surface area contributed by atoms with Gasteiger partial charge in [-0.1, -0.05) is 51.0 Å². The van der Waals surface area contributed by atoms with E-state index in [2.05, 4.69) is 43.4 Å². The molecule has 1 unspecified atom stereocenters. The van der Waals surface area contributed by atoms with Crippen LogP contribution < -0.4 is 5.32 Å². The van der Waals surface area contributed by atoms with E-state index in [-0.39, 0.29) is 5.41 Å². The van der Waals surface area contributed by atoms with Crippen LogP contribution in [-0.4, -0.2) is 18.3 Å². The summed E-state index contributed by atoms with van der Waals surface area (Å²) in [4.78, 5) is 0. The van der Waals surface area contributed by atoms with Gasteiger partial charge in [0.05, 0.1) is 0 Å². The van der Waals surface area contributed by atoms with Gasteiger partial charge in [-0.2, -0.15) is 0 Å². The molecule has 0 radical (unpaired) electrons. The van der Waals surface area contributed by atoms with Crippen molar-refractivity contribution in [3.8, 4) is 0 Å². The molecule has 0 aliphatic heterocycles. The first-order chi connectivity index (χ1) is 9.73. The first kappa shape index (κ1) is 15.5. The summed E-state index contributed by atoms with van der Waals surface area (Å²) in [5, 5.41) is 13.4. The average molecular weight is 275 g/mol. The third-order valence-corrected chi connectivity index (χ3v) is 4.92. The predicted molar refractivity (Wildman–Crippen MR) is 84.8 cm³/mol. The highest BCUT2D eigenvalue weighted by atomic mass is 16.3. The van der Waals surface area contributed by atoms with Crippen molar-refractivity contribution >= 4 is 0 Å². The number of hydrogen-bond donors (Lipinski definition) is 2. The molecule has 0 saturated heterocycles. The van der Waals surface area contributed by atoms with Crippen LogP contribution in [0, 0.1) is 5.41 Å². The zero-order chi connectivity index (χ0) is 14.4. The van der Waals surface area contributed by atoms with E-state index in [9.17, 15) is 5.11 Å². The summed E-state index contributed by atoms with van der Waals surface area (Å²) in [7, 11) is 0. The minimum Gasteiger partial charge on any atom is -0.396 e. The second kappa shape index (κ2) is 7.24. The first-order valence-corrected chi connectivity index (χ1v) is 8.16. The smallest absolute Gasteiger partial charge is 0.0499 e. The van der Waals surface area contributed by atoms with Crippen LogP contribution in [0.5, 0.6) is 0 Å². The zero-order valence-electron chi connectivity index (χ0n) is 13.0. The van der Waals surface area contributed by atoms with E-state index in [4.69, 9.17) is 0 Å². The molecule has 2 nitrogen and oxygen atoms in total. The third-order valence-electron chi connectivity index (χ3n) is 4.92. The van der Waals surface area contributed by atoms with Crippen molar-refractivity contribution in [3.05, 3.63) is 35.4 Å². The molecule has 0 aromatic heterocycles. The number of aliphatic hydroxyl groups is 1. The van der Waals surface area contributed by atoms with Gasteiger partial charge in [0.2, 0.25) is 0 Å². The Morgan fingerprint density at radius 1 is 1.15 bits per heavy atom. The lowest BCUT2D eigenvalue weighted by molar-refractivity contribution is 0.124. The number of hydrogen-bond acceptors (Lipinski definition) is 2. The summed E-state index contributed by atoms with van der Waals surface area (Å²) in [5.74, 6) is 0. The maximum Gasteiger partial charge on any atom is 0.0499 e. The molecule has 1 aromatic carbocycles. The van der Waals surface area contributed by atoms with E-state index < -0.39 is 0 Å². The van der Waals surface area contributed by atoms with Crippen molar-refractivity contribution in [1.82, 2.24) is 5.32 Å². The number of benzene rings is 1. The molecule has 2 heteroatoms. The van der Waals surface area contributed by atoms with Gasteiger partial charge >= 0.3 is 0 Å². The van der Waals surface area contributed by atoms with Crippen LogP contribution in [0.1, 0.15) is 63.1 Å². The summed E-state index contributed by atoms with van der Waals surface area (Å²) in [5.41, 5.74) is 2.90. The quantitative estimate of drug-likeness (QED) is 0.792. The Morgan fingerprint density at radius 3 is 2.30 bits per heavy atom. The SMILES string of the molecule is CCc1ccc(C(CC)NCC2(CO)CCCC2)cc1. The molecule has 0 spiro atoms. The second-order valence-electron chi connectivity index (χ2n) is 6.30. The van der Waals surface area contributed by atoms with Crippen LogP contribution in [0.4, 0.5) is 0 Å². The van der Waals surface area contributed by atoms with Crippen LogP contribution in [0.15, 0.2) is 24.3 Å². The summed E-state index contributed by atoms with van der Waals surface area (Å²) >= 11 is 0. The van der Waals surface area contributed by atoms with Crippen LogP contribution in [0.2, 0.25) is 0 Å². The Morgan fingerprint density at radius 2 is 1.80 bits per heavy atom. The highest BCUT2D eigenvalue weighted by Crippen LogP contribution is 2.37. The van der Waals surface area contributed by atoms with Crippen molar-refractivity contribution in [2.75, 3.05) is 13.2 Å². The molecule has 1 aliphatic carbocycles. The van der Waals surface area contributed by atoms with Crippen molar-refractivity contribution in [3.63, 3.8) is 0 Å². The third kappa shape index (κ3) is 3.62. The maximum absolute atomic E-state index is 9.70. The monoisotopic (exact) mass is 275 g/mol. The fourth-order valence-corrected chi connectivity index (χ4v) is 3.34. The Kier molecular flexibility index (Phi) is 5.62. The fraction of sp³-hybridized carbons (Fsp3) is 0.667. The van der Waals surface area contributed by atoms with Crippen LogP contribution in [-0.2, 0) is 6.42 Å². The lowest BCUT2D eigenvalue weighted by Gasteiger charge is -2.29. The molecule has 1 fully saturated rings. The van der Waals surface area contributed by atoms with Gasteiger partial charge in [-0.15, -0.1) is 0 Å². The van der Waals surface area contributed by atoms with Crippen molar-refractivity contribution in [2.24, 2.45) is 5.41 Å². The molecule has 0 heterocycles. The van der Waals surface area contributed by atoms with E-state index in [1.54, 1.807) is 0 Å². The van der Waals surface area contributed by atoms with Gasteiger partial charge in [-0.05, 0) is 36.8 Å². The Bertz CT molecular complexity index is 392. The standard InChI is InChI=1S/C18H29NO/c1-3-15-7-9-16(10-8-15)17(4-2)19-13-18(14-20)11-5-6-12-18/h7-10,17,19-20H,3-6,11-14H2,1-2H3. The van der Waals surface area contributed by atoms with Crippen LogP contribution >= 0.6 is 0 Å². The number of rotatable bonds is 7. The van der Waals surface area contributed by atoms with Gasteiger partial charge in [0.25, 0.3) is 0 Å². The van der Waals surface area contributed by atoms with Gasteiger partial charge in [0.1, 0.15) is 0 Å². The molecule has 2 N–H and O–H groups in total. The molecule has 1 atom stereocenters. The molecule has 1 aromatic rings. The summed E-state index contributed by atoms with van der Waals surface area (Å²) < 4.78 is 0. The van der Waals surface area contributed by atoms with E-state index in [1.165, 1.54) is 36.8 Å². The van der Waals surface area contributed by atoms with E-state index in [1.807, 2.05) is 0 Å². The Hall–Kier alpha value is -0.860. The maximum atomic E-state index is 9.70. The van der Waals surface area contributed by atoms with Crippen LogP contribution in [0.25, 0.3) is 0 Å². The lowest BCUT2D eigenvalue weighted by Crippen LogP contribution is -2.37. The van der Waals surface area contributed by atoms with Crippen molar-refractivity contribution in [1.29, 1.82) is 0 Å². The normalized spacial score (nSPS) is 19.1. The average Bonchev–Trinajstić information content (AvgIpc) is 2.98. The van der Waals surface area contributed by atoms with Gasteiger partial charge < -0.3 is 10.4 Å². The molecule has 0 amide bonds. The van der Waals surface area contributed by atoms with Crippen LogP contribution in [0.3, 0.4) is 0 Å². The van der Waals surface area contributed by atoms with E-state index in [0.717, 1.165) is 19.4 Å². The molecule has 1 saturated carbocycles. The Balaban J connectivity index is 1.97.